The van der Waals surface area contributed by atoms with Crippen molar-refractivity contribution in [3.05, 3.63) is 158 Å². The highest BCUT2D eigenvalue weighted by atomic mass is 32.1. The molecular weight excluding hydrogens is 605 g/mol. The normalized spacial score (nSPS) is 15.0. The average molecular weight is 639 g/mol. The third-order valence-corrected chi connectivity index (χ3v) is 11.0. The summed E-state index contributed by atoms with van der Waals surface area (Å²) in [6.45, 7) is 1.63. The number of benzene rings is 4. The van der Waals surface area contributed by atoms with Crippen LogP contribution in [0.5, 0.6) is 5.75 Å². The minimum absolute atomic E-state index is 0.160. The predicted octanol–water partition coefficient (Wildman–Crippen LogP) is 8.12. The van der Waals surface area contributed by atoms with Crippen LogP contribution in [0.4, 0.5) is 0 Å². The van der Waals surface area contributed by atoms with Gasteiger partial charge < -0.3 is 14.4 Å². The standard InChI is InChI=1S/C40H34N2O4S/c1-46-38-31(19-20-32-36(38)42(30-17-18-30)25-33(37(32)43)39(44)45)35-23-26-24-41(22-21-34(26)47-35)40(27-11-5-2-6-12-27,28-13-7-3-8-14-28)29-15-9-4-10-16-29/h2-16,19-20,23,25,30H,17-18,21-22,24H2,1H3,(H,44,45). The molecule has 47 heavy (non-hydrogen) atoms. The van der Waals surface area contributed by atoms with Crippen molar-refractivity contribution in [3.8, 4) is 16.2 Å². The minimum atomic E-state index is -1.21. The molecule has 6 aromatic rings. The number of hydrogen-bond donors (Lipinski definition) is 1. The van der Waals surface area contributed by atoms with Gasteiger partial charge in [-0.1, -0.05) is 91.0 Å². The Kier molecular flexibility index (Phi) is 7.31. The van der Waals surface area contributed by atoms with E-state index in [9.17, 15) is 14.7 Å². The van der Waals surface area contributed by atoms with Gasteiger partial charge in [0.2, 0.25) is 5.43 Å². The molecule has 1 aliphatic carbocycles. The minimum Gasteiger partial charge on any atom is -0.494 e. The number of hydrogen-bond acceptors (Lipinski definition) is 5. The van der Waals surface area contributed by atoms with Crippen LogP contribution in [0.3, 0.4) is 0 Å². The van der Waals surface area contributed by atoms with Gasteiger partial charge in [-0.3, -0.25) is 9.69 Å². The maximum absolute atomic E-state index is 13.3. The van der Waals surface area contributed by atoms with Crippen molar-refractivity contribution in [2.75, 3.05) is 13.7 Å². The van der Waals surface area contributed by atoms with Crippen LogP contribution >= 0.6 is 11.3 Å². The Labute approximate surface area is 277 Å². The Morgan fingerprint density at radius 2 is 1.47 bits per heavy atom. The van der Waals surface area contributed by atoms with E-state index in [0.717, 1.165) is 42.8 Å². The first-order valence-corrected chi connectivity index (χ1v) is 16.8. The molecule has 1 aliphatic heterocycles. The summed E-state index contributed by atoms with van der Waals surface area (Å²) in [7, 11) is 1.63. The summed E-state index contributed by atoms with van der Waals surface area (Å²) >= 11 is 1.78. The zero-order chi connectivity index (χ0) is 32.1. The number of carboxylic acid groups (broad SMARTS) is 1. The summed E-state index contributed by atoms with van der Waals surface area (Å²) in [5.41, 5.74) is 5.39. The Morgan fingerprint density at radius 3 is 2.00 bits per heavy atom. The van der Waals surface area contributed by atoms with E-state index in [4.69, 9.17) is 4.74 Å². The van der Waals surface area contributed by atoms with Crippen LogP contribution in [0.2, 0.25) is 0 Å². The second kappa shape index (κ2) is 11.7. The second-order valence-electron chi connectivity index (χ2n) is 12.4. The SMILES string of the molecule is COc1c(-c2cc3c(s2)CCN(C(c2ccccc2)(c2ccccc2)c2ccccc2)C3)ccc2c(=O)c(C(=O)O)cn(C3CC3)c12. The van der Waals surface area contributed by atoms with Crippen molar-refractivity contribution >= 4 is 28.2 Å². The molecule has 3 heterocycles. The summed E-state index contributed by atoms with van der Waals surface area (Å²) in [4.78, 5) is 30.2. The average Bonchev–Trinajstić information content (AvgIpc) is 3.87. The van der Waals surface area contributed by atoms with Crippen molar-refractivity contribution in [3.63, 3.8) is 0 Å². The Balaban J connectivity index is 1.26. The lowest BCUT2D eigenvalue weighted by Gasteiger charge is -2.47. The van der Waals surface area contributed by atoms with Crippen LogP contribution in [0.15, 0.2) is 120 Å². The van der Waals surface area contributed by atoms with E-state index < -0.39 is 16.9 Å². The highest BCUT2D eigenvalue weighted by Crippen LogP contribution is 2.48. The molecule has 0 atom stereocenters. The molecule has 2 aliphatic rings. The number of nitrogens with zero attached hydrogens (tertiary/aromatic N) is 2. The number of aromatic nitrogens is 1. The molecule has 4 aromatic carbocycles. The van der Waals surface area contributed by atoms with Crippen molar-refractivity contribution in [1.82, 2.24) is 9.47 Å². The van der Waals surface area contributed by atoms with Crippen LogP contribution < -0.4 is 10.2 Å². The molecule has 0 amide bonds. The third-order valence-electron chi connectivity index (χ3n) is 9.70. The topological polar surface area (TPSA) is 71.8 Å². The van der Waals surface area contributed by atoms with Crippen molar-refractivity contribution in [1.29, 1.82) is 0 Å². The van der Waals surface area contributed by atoms with Gasteiger partial charge in [-0.25, -0.2) is 4.79 Å². The number of ether oxygens (including phenoxy) is 1. The van der Waals surface area contributed by atoms with E-state index in [-0.39, 0.29) is 11.6 Å². The number of methoxy groups -OCH3 is 1. The van der Waals surface area contributed by atoms with Crippen LogP contribution in [-0.4, -0.2) is 34.2 Å². The molecule has 0 bridgehead atoms. The molecule has 0 saturated heterocycles. The number of thiophene rings is 1. The zero-order valence-corrected chi connectivity index (χ0v) is 26.9. The van der Waals surface area contributed by atoms with E-state index in [1.165, 1.54) is 33.3 Å². The molecule has 8 rings (SSSR count). The molecule has 2 aromatic heterocycles. The number of aromatic carboxylic acids is 1. The highest BCUT2D eigenvalue weighted by Gasteiger charge is 2.43. The summed E-state index contributed by atoms with van der Waals surface area (Å²) < 4.78 is 8.01. The van der Waals surface area contributed by atoms with Crippen molar-refractivity contribution < 1.29 is 14.6 Å². The van der Waals surface area contributed by atoms with Crippen molar-refractivity contribution in [2.45, 2.75) is 37.4 Å². The highest BCUT2D eigenvalue weighted by molar-refractivity contribution is 7.15. The zero-order valence-electron chi connectivity index (χ0n) is 26.1. The van der Waals surface area contributed by atoms with E-state index in [2.05, 4.69) is 102 Å². The lowest BCUT2D eigenvalue weighted by atomic mass is 9.74. The lowest BCUT2D eigenvalue weighted by molar-refractivity contribution is 0.0694. The molecule has 0 spiro atoms. The smallest absolute Gasteiger partial charge is 0.341 e. The van der Waals surface area contributed by atoms with Gasteiger partial charge in [0.25, 0.3) is 0 Å². The maximum Gasteiger partial charge on any atom is 0.341 e. The monoisotopic (exact) mass is 638 g/mol. The largest absolute Gasteiger partial charge is 0.494 e. The van der Waals surface area contributed by atoms with Crippen LogP contribution in [0, 0.1) is 0 Å². The Hall–Kier alpha value is -4.98. The van der Waals surface area contributed by atoms with Gasteiger partial charge in [-0.2, -0.15) is 0 Å². The molecule has 234 valence electrons. The molecule has 1 saturated carbocycles. The van der Waals surface area contributed by atoms with Gasteiger partial charge in [0.05, 0.1) is 23.6 Å². The molecule has 0 radical (unpaired) electrons. The van der Waals surface area contributed by atoms with Crippen molar-refractivity contribution in [2.24, 2.45) is 0 Å². The van der Waals surface area contributed by atoms with Crippen LogP contribution in [0.1, 0.15) is 56.4 Å². The van der Waals surface area contributed by atoms with Gasteiger partial charge in [-0.05, 0) is 59.7 Å². The molecule has 6 nitrogen and oxygen atoms in total. The van der Waals surface area contributed by atoms with Gasteiger partial charge in [-0.15, -0.1) is 11.3 Å². The maximum atomic E-state index is 13.3. The molecule has 1 N–H and O–H groups in total. The fourth-order valence-corrected chi connectivity index (χ4v) is 8.63. The first-order chi connectivity index (χ1) is 23.0. The Bertz CT molecular complexity index is 2070. The number of carbonyl (C=O) groups is 1. The van der Waals surface area contributed by atoms with Gasteiger partial charge in [0, 0.05) is 40.6 Å². The number of carboxylic acids is 1. The van der Waals surface area contributed by atoms with E-state index in [1.54, 1.807) is 24.5 Å². The van der Waals surface area contributed by atoms with Gasteiger partial charge in [0.1, 0.15) is 5.56 Å². The third kappa shape index (κ3) is 4.80. The van der Waals surface area contributed by atoms with E-state index >= 15 is 0 Å². The predicted molar refractivity (Wildman–Crippen MR) is 187 cm³/mol. The van der Waals surface area contributed by atoms with Gasteiger partial charge in [0.15, 0.2) is 5.75 Å². The van der Waals surface area contributed by atoms with E-state index in [0.29, 0.717) is 16.7 Å². The second-order valence-corrected chi connectivity index (χ2v) is 13.5. The molecule has 1 fully saturated rings. The Morgan fingerprint density at radius 1 is 0.872 bits per heavy atom. The van der Waals surface area contributed by atoms with E-state index in [1.807, 2.05) is 10.6 Å². The number of rotatable bonds is 8. The summed E-state index contributed by atoms with van der Waals surface area (Å²) in [5.74, 6) is -0.589. The molecular formula is C40H34N2O4S. The quantitative estimate of drug-likeness (QED) is 0.171. The fraction of sp³-hybridized carbons (Fsp3) is 0.200. The summed E-state index contributed by atoms with van der Waals surface area (Å²) in [6.07, 6.45) is 4.29. The molecule has 7 heteroatoms. The van der Waals surface area contributed by atoms with Gasteiger partial charge >= 0.3 is 5.97 Å². The van der Waals surface area contributed by atoms with Crippen LogP contribution in [-0.2, 0) is 18.5 Å². The first-order valence-electron chi connectivity index (χ1n) is 16.0. The summed E-state index contributed by atoms with van der Waals surface area (Å²) in [5, 5.41) is 10.1. The lowest BCUT2D eigenvalue weighted by Crippen LogP contribution is -2.49. The summed E-state index contributed by atoms with van der Waals surface area (Å²) in [6, 6.07) is 38.6. The first kappa shape index (κ1) is 29.4. The molecule has 0 unspecified atom stereocenters. The van der Waals surface area contributed by atoms with Crippen LogP contribution in [0.25, 0.3) is 21.3 Å². The fourth-order valence-electron chi connectivity index (χ4n) is 7.45. The number of fused-ring (bicyclic) bond motifs is 2. The number of pyridine rings is 1.